The van der Waals surface area contributed by atoms with Crippen molar-refractivity contribution in [2.45, 2.75) is 6.18 Å². The van der Waals surface area contributed by atoms with Gasteiger partial charge in [0, 0.05) is 11.8 Å². The summed E-state index contributed by atoms with van der Waals surface area (Å²) >= 11 is 0. The standard InChI is InChI=1S/C11H7F5N4/c12-6-3-5(10(17)18)4-7(13)9(6)20-2-1-8(19-20)11(14,15)16/h1-4H,(H3,17,18). The van der Waals surface area contributed by atoms with Crippen LogP contribution >= 0.6 is 0 Å². The number of nitrogens with zero attached hydrogens (tertiary/aromatic N) is 2. The van der Waals surface area contributed by atoms with Crippen LogP contribution in [0.2, 0.25) is 0 Å². The lowest BCUT2D eigenvalue weighted by atomic mass is 10.1. The summed E-state index contributed by atoms with van der Waals surface area (Å²) in [5.41, 5.74) is 2.82. The second-order valence-corrected chi connectivity index (χ2v) is 3.85. The lowest BCUT2D eigenvalue weighted by Crippen LogP contribution is -2.14. The van der Waals surface area contributed by atoms with E-state index in [1.807, 2.05) is 0 Å². The number of hydrogen-bond donors (Lipinski definition) is 2. The van der Waals surface area contributed by atoms with Crippen molar-refractivity contribution in [1.29, 1.82) is 5.41 Å². The van der Waals surface area contributed by atoms with Crippen LogP contribution in [-0.4, -0.2) is 15.6 Å². The van der Waals surface area contributed by atoms with Crippen LogP contribution in [0.3, 0.4) is 0 Å². The molecule has 1 aromatic heterocycles. The molecule has 0 unspecified atom stereocenters. The molecule has 0 spiro atoms. The van der Waals surface area contributed by atoms with Gasteiger partial charge in [0.25, 0.3) is 0 Å². The maximum absolute atomic E-state index is 13.7. The van der Waals surface area contributed by atoms with Gasteiger partial charge in [-0.2, -0.15) is 18.3 Å². The Morgan fingerprint density at radius 1 is 1.20 bits per heavy atom. The maximum atomic E-state index is 13.7. The molecule has 0 aliphatic rings. The van der Waals surface area contributed by atoms with Crippen LogP contribution in [0.15, 0.2) is 24.4 Å². The zero-order valence-electron chi connectivity index (χ0n) is 9.67. The number of alkyl halides is 3. The Bertz CT molecular complexity index is 651. The highest BCUT2D eigenvalue weighted by Crippen LogP contribution is 2.28. The van der Waals surface area contributed by atoms with Crippen LogP contribution in [-0.2, 0) is 6.18 Å². The molecule has 1 heterocycles. The molecule has 2 aromatic rings. The molecule has 0 saturated heterocycles. The molecular formula is C11H7F5N4. The smallest absolute Gasteiger partial charge is 0.384 e. The van der Waals surface area contributed by atoms with Crippen molar-refractivity contribution in [1.82, 2.24) is 9.78 Å². The summed E-state index contributed by atoms with van der Waals surface area (Å²) in [6.07, 6.45) is -3.92. The molecule has 1 aromatic carbocycles. The van der Waals surface area contributed by atoms with Gasteiger partial charge in [0.1, 0.15) is 11.5 Å². The first kappa shape index (κ1) is 14.0. The molecule has 0 fully saturated rings. The van der Waals surface area contributed by atoms with Crippen molar-refractivity contribution in [3.8, 4) is 5.69 Å². The number of nitrogens with one attached hydrogen (secondary N) is 1. The van der Waals surface area contributed by atoms with E-state index in [1.54, 1.807) is 0 Å². The van der Waals surface area contributed by atoms with E-state index < -0.39 is 35.0 Å². The second kappa shape index (κ2) is 4.58. The summed E-state index contributed by atoms with van der Waals surface area (Å²) in [7, 11) is 0. The SMILES string of the molecule is N=C(N)c1cc(F)c(-n2ccc(C(F)(F)F)n2)c(F)c1. The van der Waals surface area contributed by atoms with Gasteiger partial charge < -0.3 is 5.73 Å². The van der Waals surface area contributed by atoms with E-state index >= 15 is 0 Å². The highest BCUT2D eigenvalue weighted by atomic mass is 19.4. The van der Waals surface area contributed by atoms with E-state index in [1.165, 1.54) is 0 Å². The number of benzene rings is 1. The van der Waals surface area contributed by atoms with Crippen LogP contribution in [0.4, 0.5) is 22.0 Å². The number of nitrogens with two attached hydrogens (primary N) is 1. The number of amidine groups is 1. The molecule has 2 rings (SSSR count). The monoisotopic (exact) mass is 290 g/mol. The third-order valence-corrected chi connectivity index (χ3v) is 2.44. The van der Waals surface area contributed by atoms with Crippen molar-refractivity contribution in [3.05, 3.63) is 47.3 Å². The third-order valence-electron chi connectivity index (χ3n) is 2.44. The minimum Gasteiger partial charge on any atom is -0.384 e. The first-order valence-electron chi connectivity index (χ1n) is 5.17. The molecule has 0 saturated carbocycles. The fraction of sp³-hybridized carbons (Fsp3) is 0.0909. The molecular weight excluding hydrogens is 283 g/mol. The summed E-state index contributed by atoms with van der Waals surface area (Å²) in [6.45, 7) is 0. The Labute approximate surface area is 109 Å². The molecule has 4 nitrogen and oxygen atoms in total. The van der Waals surface area contributed by atoms with E-state index in [4.69, 9.17) is 11.1 Å². The molecule has 0 radical (unpaired) electrons. The van der Waals surface area contributed by atoms with Crippen LogP contribution in [0, 0.1) is 17.0 Å². The maximum Gasteiger partial charge on any atom is 0.435 e. The Kier molecular flexibility index (Phi) is 3.20. The number of rotatable bonds is 2. The van der Waals surface area contributed by atoms with E-state index in [-0.39, 0.29) is 5.56 Å². The lowest BCUT2D eigenvalue weighted by Gasteiger charge is -2.08. The Morgan fingerprint density at radius 2 is 1.75 bits per heavy atom. The van der Waals surface area contributed by atoms with Gasteiger partial charge in [-0.25, -0.2) is 13.5 Å². The largest absolute Gasteiger partial charge is 0.435 e. The summed E-state index contributed by atoms with van der Waals surface area (Å²) in [5.74, 6) is -2.91. The fourth-order valence-corrected chi connectivity index (χ4v) is 1.54. The zero-order valence-corrected chi connectivity index (χ0v) is 9.67. The van der Waals surface area contributed by atoms with Crippen LogP contribution in [0.25, 0.3) is 5.69 Å². The minimum absolute atomic E-state index is 0.216. The van der Waals surface area contributed by atoms with Gasteiger partial charge in [-0.3, -0.25) is 5.41 Å². The van der Waals surface area contributed by atoms with Gasteiger partial charge in [-0.05, 0) is 18.2 Å². The summed E-state index contributed by atoms with van der Waals surface area (Å²) in [4.78, 5) is 0. The van der Waals surface area contributed by atoms with Crippen LogP contribution in [0.5, 0.6) is 0 Å². The van der Waals surface area contributed by atoms with Crippen molar-refractivity contribution in [3.63, 3.8) is 0 Å². The van der Waals surface area contributed by atoms with Gasteiger partial charge >= 0.3 is 6.18 Å². The Hall–Kier alpha value is -2.45. The van der Waals surface area contributed by atoms with E-state index in [0.29, 0.717) is 10.7 Å². The van der Waals surface area contributed by atoms with Crippen molar-refractivity contribution in [2.75, 3.05) is 0 Å². The fourth-order valence-electron chi connectivity index (χ4n) is 1.54. The average molecular weight is 290 g/mol. The summed E-state index contributed by atoms with van der Waals surface area (Å²) < 4.78 is 65.0. The summed E-state index contributed by atoms with van der Waals surface area (Å²) in [6, 6.07) is 2.09. The quantitative estimate of drug-likeness (QED) is 0.507. The number of nitrogen functional groups attached to an aromatic ring is 1. The van der Waals surface area contributed by atoms with Crippen molar-refractivity contribution < 1.29 is 22.0 Å². The molecule has 20 heavy (non-hydrogen) atoms. The second-order valence-electron chi connectivity index (χ2n) is 3.85. The lowest BCUT2D eigenvalue weighted by molar-refractivity contribution is -0.141. The van der Waals surface area contributed by atoms with Gasteiger partial charge in [0.15, 0.2) is 17.3 Å². The number of hydrogen-bond acceptors (Lipinski definition) is 2. The van der Waals surface area contributed by atoms with Crippen molar-refractivity contribution in [2.24, 2.45) is 5.73 Å². The normalized spacial score (nSPS) is 11.7. The third kappa shape index (κ3) is 2.46. The molecule has 9 heteroatoms. The number of halogens is 5. The van der Waals surface area contributed by atoms with Gasteiger partial charge in [-0.1, -0.05) is 0 Å². The highest BCUT2D eigenvalue weighted by molar-refractivity contribution is 5.95. The molecule has 0 amide bonds. The van der Waals surface area contributed by atoms with Crippen LogP contribution in [0.1, 0.15) is 11.3 Å². The first-order chi connectivity index (χ1) is 9.20. The molecule has 106 valence electrons. The Morgan fingerprint density at radius 3 is 2.15 bits per heavy atom. The molecule has 0 atom stereocenters. The Balaban J connectivity index is 2.53. The first-order valence-corrected chi connectivity index (χ1v) is 5.17. The average Bonchev–Trinajstić information content (AvgIpc) is 2.76. The predicted octanol–water partition coefficient (Wildman–Crippen LogP) is 2.45. The van der Waals surface area contributed by atoms with Crippen molar-refractivity contribution >= 4 is 5.84 Å². The van der Waals surface area contributed by atoms with E-state index in [2.05, 4.69) is 5.10 Å². The highest BCUT2D eigenvalue weighted by Gasteiger charge is 2.34. The number of aromatic nitrogens is 2. The molecule has 0 aliphatic heterocycles. The molecule has 0 bridgehead atoms. The topological polar surface area (TPSA) is 67.7 Å². The molecule has 0 aliphatic carbocycles. The predicted molar refractivity (Wildman–Crippen MR) is 59.5 cm³/mol. The van der Waals surface area contributed by atoms with E-state index in [0.717, 1.165) is 18.3 Å². The minimum atomic E-state index is -4.71. The van der Waals surface area contributed by atoms with Gasteiger partial charge in [0.05, 0.1) is 0 Å². The summed E-state index contributed by atoms with van der Waals surface area (Å²) in [5, 5.41) is 10.1. The zero-order chi connectivity index (χ0) is 15.1. The molecule has 3 N–H and O–H groups in total. The van der Waals surface area contributed by atoms with E-state index in [9.17, 15) is 22.0 Å². The van der Waals surface area contributed by atoms with Gasteiger partial charge in [0.2, 0.25) is 0 Å². The van der Waals surface area contributed by atoms with Gasteiger partial charge in [-0.15, -0.1) is 0 Å². The van der Waals surface area contributed by atoms with Crippen LogP contribution < -0.4 is 5.73 Å².